The van der Waals surface area contributed by atoms with Gasteiger partial charge in [-0.15, -0.1) is 0 Å². The van der Waals surface area contributed by atoms with E-state index in [1.54, 1.807) is 19.3 Å². The number of guanidine groups is 1. The number of hydrogen-bond donors (Lipinski definition) is 2. The zero-order valence-corrected chi connectivity index (χ0v) is 15.7. The Labute approximate surface area is 149 Å². The van der Waals surface area contributed by atoms with E-state index in [2.05, 4.69) is 20.7 Å². The van der Waals surface area contributed by atoms with Gasteiger partial charge in [-0.1, -0.05) is 12.1 Å². The maximum atomic E-state index is 11.7. The molecule has 0 bridgehead atoms. The molecule has 1 aromatic carbocycles. The molecule has 0 aliphatic heterocycles. The second-order valence-electron chi connectivity index (χ2n) is 5.85. The Balaban J connectivity index is 1.81. The van der Waals surface area contributed by atoms with Crippen molar-refractivity contribution in [3.8, 4) is 0 Å². The van der Waals surface area contributed by atoms with Crippen LogP contribution >= 0.6 is 0 Å². The molecule has 0 aliphatic rings. The Bertz CT molecular complexity index is 814. The summed E-state index contributed by atoms with van der Waals surface area (Å²) in [4.78, 5) is 4.57. The van der Waals surface area contributed by atoms with Gasteiger partial charge in [0, 0.05) is 45.3 Å². The fourth-order valence-corrected chi connectivity index (χ4v) is 3.48. The summed E-state index contributed by atoms with van der Waals surface area (Å²) in [6, 6.07) is 7.27. The summed E-state index contributed by atoms with van der Waals surface area (Å²) in [7, 11) is -1.46. The van der Waals surface area contributed by atoms with Crippen molar-refractivity contribution in [2.24, 2.45) is 4.99 Å². The van der Waals surface area contributed by atoms with E-state index in [-0.39, 0.29) is 0 Å². The van der Waals surface area contributed by atoms with Gasteiger partial charge in [-0.3, -0.25) is 9.67 Å². The third-order valence-corrected chi connectivity index (χ3v) is 5.00. The molecule has 25 heavy (non-hydrogen) atoms. The lowest BCUT2D eigenvalue weighted by molar-refractivity contribution is 0.570. The van der Waals surface area contributed by atoms with Crippen LogP contribution in [0.1, 0.15) is 17.5 Å². The first-order chi connectivity index (χ1) is 11.9. The molecule has 8 heteroatoms. The molecule has 0 amide bonds. The molecule has 0 spiro atoms. The maximum Gasteiger partial charge on any atom is 0.191 e. The van der Waals surface area contributed by atoms with Crippen LogP contribution in [0.3, 0.4) is 0 Å². The molecule has 2 aromatic rings. The van der Waals surface area contributed by atoms with Crippen molar-refractivity contribution >= 4 is 15.8 Å². The van der Waals surface area contributed by atoms with Crippen LogP contribution in [0.15, 0.2) is 46.5 Å². The van der Waals surface area contributed by atoms with Gasteiger partial charge in [0.05, 0.1) is 4.90 Å². The molecular weight excluding hydrogens is 338 g/mol. The van der Waals surface area contributed by atoms with Crippen LogP contribution in [-0.4, -0.2) is 44.0 Å². The molecule has 0 saturated heterocycles. The Morgan fingerprint density at radius 1 is 1.32 bits per heavy atom. The monoisotopic (exact) mass is 363 g/mol. The van der Waals surface area contributed by atoms with Crippen LogP contribution in [0.4, 0.5) is 0 Å². The Morgan fingerprint density at radius 2 is 2.12 bits per heavy atom. The van der Waals surface area contributed by atoms with Crippen molar-refractivity contribution in [3.05, 3.63) is 47.8 Å². The lowest BCUT2D eigenvalue weighted by atomic mass is 10.1. The van der Waals surface area contributed by atoms with Crippen molar-refractivity contribution in [1.29, 1.82) is 0 Å². The maximum absolute atomic E-state index is 11.7. The normalized spacial score (nSPS) is 12.2. The SMILES string of the molecule is CN=C(NCCCn1cccn1)NCc1ccc(S(C)(=O)=O)c(C)c1. The second-order valence-corrected chi connectivity index (χ2v) is 7.83. The summed E-state index contributed by atoms with van der Waals surface area (Å²) in [5.41, 5.74) is 1.76. The van der Waals surface area contributed by atoms with E-state index in [0.29, 0.717) is 17.4 Å². The zero-order chi connectivity index (χ0) is 18.3. The lowest BCUT2D eigenvalue weighted by Crippen LogP contribution is -2.37. The van der Waals surface area contributed by atoms with Gasteiger partial charge in [-0.25, -0.2) is 8.42 Å². The van der Waals surface area contributed by atoms with E-state index in [0.717, 1.165) is 30.6 Å². The average Bonchev–Trinajstić information content (AvgIpc) is 3.06. The largest absolute Gasteiger partial charge is 0.356 e. The molecule has 136 valence electrons. The van der Waals surface area contributed by atoms with E-state index in [9.17, 15) is 8.42 Å². The minimum Gasteiger partial charge on any atom is -0.356 e. The van der Waals surface area contributed by atoms with E-state index >= 15 is 0 Å². The van der Waals surface area contributed by atoms with Crippen molar-refractivity contribution in [2.45, 2.75) is 31.3 Å². The first kappa shape index (κ1) is 19.0. The lowest BCUT2D eigenvalue weighted by Gasteiger charge is -2.13. The van der Waals surface area contributed by atoms with Gasteiger partial charge >= 0.3 is 0 Å². The number of aryl methyl sites for hydroxylation is 2. The zero-order valence-electron chi connectivity index (χ0n) is 14.9. The third kappa shape index (κ3) is 5.90. The molecule has 7 nitrogen and oxygen atoms in total. The van der Waals surface area contributed by atoms with E-state index < -0.39 is 9.84 Å². The second kappa shape index (κ2) is 8.66. The minimum atomic E-state index is -3.18. The van der Waals surface area contributed by atoms with Crippen LogP contribution < -0.4 is 10.6 Å². The quantitative estimate of drug-likeness (QED) is 0.440. The van der Waals surface area contributed by atoms with Crippen molar-refractivity contribution < 1.29 is 8.42 Å². The topological polar surface area (TPSA) is 88.4 Å². The average molecular weight is 363 g/mol. The summed E-state index contributed by atoms with van der Waals surface area (Å²) in [5.74, 6) is 0.713. The molecule has 0 atom stereocenters. The highest BCUT2D eigenvalue weighted by Gasteiger charge is 2.10. The number of nitrogens with one attached hydrogen (secondary N) is 2. The first-order valence-electron chi connectivity index (χ1n) is 8.11. The van der Waals surface area contributed by atoms with E-state index in [4.69, 9.17) is 0 Å². The summed E-state index contributed by atoms with van der Waals surface area (Å²) in [6.45, 7) is 4.01. The number of benzene rings is 1. The van der Waals surface area contributed by atoms with Gasteiger partial charge < -0.3 is 10.6 Å². The number of hydrogen-bond acceptors (Lipinski definition) is 4. The predicted molar refractivity (Wildman–Crippen MR) is 99.3 cm³/mol. The van der Waals surface area contributed by atoms with Crippen LogP contribution in [0.2, 0.25) is 0 Å². The van der Waals surface area contributed by atoms with Gasteiger partial charge in [0.15, 0.2) is 15.8 Å². The first-order valence-corrected chi connectivity index (χ1v) is 10.0. The summed E-state index contributed by atoms with van der Waals surface area (Å²) >= 11 is 0. The molecule has 0 radical (unpaired) electrons. The fraction of sp³-hybridized carbons (Fsp3) is 0.412. The summed E-state index contributed by atoms with van der Waals surface area (Å²) in [5, 5.41) is 10.6. The van der Waals surface area contributed by atoms with Crippen LogP contribution in [0.25, 0.3) is 0 Å². The third-order valence-electron chi connectivity index (χ3n) is 3.74. The Morgan fingerprint density at radius 3 is 2.72 bits per heavy atom. The highest BCUT2D eigenvalue weighted by molar-refractivity contribution is 7.90. The molecule has 0 aliphatic carbocycles. The smallest absolute Gasteiger partial charge is 0.191 e. The molecule has 0 saturated carbocycles. The molecule has 2 N–H and O–H groups in total. The van der Waals surface area contributed by atoms with Gasteiger partial charge in [-0.2, -0.15) is 5.10 Å². The van der Waals surface area contributed by atoms with E-state index in [1.807, 2.05) is 36.0 Å². The number of aromatic nitrogens is 2. The van der Waals surface area contributed by atoms with Crippen LogP contribution in [0, 0.1) is 6.92 Å². The van der Waals surface area contributed by atoms with E-state index in [1.165, 1.54) is 6.26 Å². The van der Waals surface area contributed by atoms with Crippen molar-refractivity contribution in [3.63, 3.8) is 0 Å². The van der Waals surface area contributed by atoms with Gasteiger partial charge in [0.25, 0.3) is 0 Å². The number of nitrogens with zero attached hydrogens (tertiary/aromatic N) is 3. The van der Waals surface area contributed by atoms with Crippen LogP contribution in [0.5, 0.6) is 0 Å². The number of aliphatic imine (C=N–C) groups is 1. The van der Waals surface area contributed by atoms with Crippen molar-refractivity contribution in [2.75, 3.05) is 19.8 Å². The predicted octanol–water partition coefficient (Wildman–Crippen LogP) is 1.35. The standard InChI is InChI=1S/C17H25N5O2S/c1-14-12-15(6-7-16(14)25(3,23)24)13-20-17(18-2)19-8-4-10-22-11-5-9-21-22/h5-7,9,11-12H,4,8,10,13H2,1-3H3,(H2,18,19,20). The summed E-state index contributed by atoms with van der Waals surface area (Å²) in [6.07, 6.45) is 5.87. The molecule has 1 heterocycles. The van der Waals surface area contributed by atoms with Crippen molar-refractivity contribution in [1.82, 2.24) is 20.4 Å². The highest BCUT2D eigenvalue weighted by atomic mass is 32.2. The van der Waals surface area contributed by atoms with Crippen LogP contribution in [-0.2, 0) is 22.9 Å². The Hall–Kier alpha value is -2.35. The summed E-state index contributed by atoms with van der Waals surface area (Å²) < 4.78 is 25.2. The highest BCUT2D eigenvalue weighted by Crippen LogP contribution is 2.16. The fourth-order valence-electron chi connectivity index (χ4n) is 2.52. The molecule has 0 unspecified atom stereocenters. The van der Waals surface area contributed by atoms with Gasteiger partial charge in [0.2, 0.25) is 0 Å². The molecule has 2 rings (SSSR count). The minimum absolute atomic E-state index is 0.373. The number of rotatable bonds is 7. The Kier molecular flexibility index (Phi) is 6.58. The molecule has 0 fully saturated rings. The van der Waals surface area contributed by atoms with Gasteiger partial charge in [-0.05, 0) is 36.6 Å². The molecular formula is C17H25N5O2S. The molecule has 1 aromatic heterocycles. The van der Waals surface area contributed by atoms with Gasteiger partial charge in [0.1, 0.15) is 0 Å². The number of sulfone groups is 1.